The first kappa shape index (κ1) is 10.8. The Bertz CT molecular complexity index is 632. The van der Waals surface area contributed by atoms with Gasteiger partial charge in [-0.3, -0.25) is 0 Å². The molecule has 0 fully saturated rings. The van der Waals surface area contributed by atoms with Crippen LogP contribution in [0, 0.1) is 11.3 Å². The summed E-state index contributed by atoms with van der Waals surface area (Å²) in [5, 5.41) is 9.16. The minimum absolute atomic E-state index is 0.307. The monoisotopic (exact) mass is 231 g/mol. The van der Waals surface area contributed by atoms with Crippen LogP contribution in [0.15, 0.2) is 60.2 Å². The number of allylic oxidation sites excluding steroid dienone is 1. The highest BCUT2D eigenvalue weighted by Crippen LogP contribution is 2.37. The second kappa shape index (κ2) is 4.50. The smallest absolute Gasteiger partial charge is 0.0947 e. The van der Waals surface area contributed by atoms with Gasteiger partial charge in [0.05, 0.1) is 6.07 Å². The molecular weight excluding hydrogens is 218 g/mol. The molecular formula is C17H13N. The van der Waals surface area contributed by atoms with Gasteiger partial charge in [-0.25, -0.2) is 0 Å². The molecule has 3 rings (SSSR count). The Hall–Kier alpha value is -2.33. The number of fused-ring (bicyclic) bond motifs is 1. The molecule has 2 aromatic carbocycles. The SMILES string of the molecule is N#CC1=Cc2ccccc2[C@@H](c2ccccc2)C1. The van der Waals surface area contributed by atoms with Crippen molar-refractivity contribution in [3.63, 3.8) is 0 Å². The molecule has 2 aromatic rings. The molecule has 0 amide bonds. The molecule has 18 heavy (non-hydrogen) atoms. The van der Waals surface area contributed by atoms with Gasteiger partial charge in [-0.05, 0) is 29.2 Å². The highest BCUT2D eigenvalue weighted by atomic mass is 14.3. The predicted molar refractivity (Wildman–Crippen MR) is 72.9 cm³/mol. The Labute approximate surface area is 107 Å². The fourth-order valence-electron chi connectivity index (χ4n) is 2.60. The summed E-state index contributed by atoms with van der Waals surface area (Å²) in [6.45, 7) is 0. The van der Waals surface area contributed by atoms with E-state index < -0.39 is 0 Å². The maximum absolute atomic E-state index is 9.16. The van der Waals surface area contributed by atoms with Crippen LogP contribution in [0.4, 0.5) is 0 Å². The molecule has 1 nitrogen and oxygen atoms in total. The van der Waals surface area contributed by atoms with Crippen molar-refractivity contribution in [3.05, 3.63) is 76.9 Å². The first-order chi connectivity index (χ1) is 8.88. The standard InChI is InChI=1S/C17H13N/c18-12-13-10-15-8-4-5-9-16(15)17(11-13)14-6-2-1-3-7-14/h1-10,17H,11H2/t17-/m1/s1. The minimum Gasteiger partial charge on any atom is -0.193 e. The van der Waals surface area contributed by atoms with Gasteiger partial charge >= 0.3 is 0 Å². The predicted octanol–water partition coefficient (Wildman–Crippen LogP) is 4.13. The summed E-state index contributed by atoms with van der Waals surface area (Å²) in [5.74, 6) is 0.307. The van der Waals surface area contributed by atoms with E-state index in [4.69, 9.17) is 5.26 Å². The molecule has 0 N–H and O–H groups in total. The second-order valence-corrected chi connectivity index (χ2v) is 4.58. The van der Waals surface area contributed by atoms with Gasteiger partial charge in [-0.2, -0.15) is 5.26 Å². The quantitative estimate of drug-likeness (QED) is 0.724. The Morgan fingerprint density at radius 2 is 1.67 bits per heavy atom. The summed E-state index contributed by atoms with van der Waals surface area (Å²) in [4.78, 5) is 0. The molecule has 0 spiro atoms. The molecule has 1 aliphatic rings. The third-order valence-electron chi connectivity index (χ3n) is 3.47. The number of rotatable bonds is 1. The van der Waals surface area contributed by atoms with Gasteiger partial charge in [-0.1, -0.05) is 54.6 Å². The molecule has 0 saturated heterocycles. The first-order valence-electron chi connectivity index (χ1n) is 6.13. The van der Waals surface area contributed by atoms with Crippen LogP contribution in [0.3, 0.4) is 0 Å². The zero-order chi connectivity index (χ0) is 12.4. The fraction of sp³-hybridized carbons (Fsp3) is 0.118. The van der Waals surface area contributed by atoms with Crippen LogP contribution in [-0.2, 0) is 0 Å². The topological polar surface area (TPSA) is 23.8 Å². The lowest BCUT2D eigenvalue weighted by Crippen LogP contribution is -2.08. The van der Waals surface area contributed by atoms with E-state index >= 15 is 0 Å². The normalized spacial score (nSPS) is 17.5. The van der Waals surface area contributed by atoms with Crippen LogP contribution in [0.5, 0.6) is 0 Å². The largest absolute Gasteiger partial charge is 0.193 e. The van der Waals surface area contributed by atoms with Crippen molar-refractivity contribution < 1.29 is 0 Å². The second-order valence-electron chi connectivity index (χ2n) is 4.58. The fourth-order valence-corrected chi connectivity index (χ4v) is 2.60. The highest BCUT2D eigenvalue weighted by Gasteiger charge is 2.22. The van der Waals surface area contributed by atoms with Gasteiger partial charge in [0.25, 0.3) is 0 Å². The van der Waals surface area contributed by atoms with Gasteiger partial charge < -0.3 is 0 Å². The summed E-state index contributed by atoms with van der Waals surface area (Å²) in [6.07, 6.45) is 2.81. The summed E-state index contributed by atoms with van der Waals surface area (Å²) < 4.78 is 0. The van der Waals surface area contributed by atoms with Crippen LogP contribution < -0.4 is 0 Å². The Kier molecular flexibility index (Phi) is 2.70. The van der Waals surface area contributed by atoms with Crippen LogP contribution >= 0.6 is 0 Å². The molecule has 0 aliphatic heterocycles. The maximum atomic E-state index is 9.16. The van der Waals surface area contributed by atoms with Gasteiger partial charge in [0, 0.05) is 11.5 Å². The van der Waals surface area contributed by atoms with E-state index in [9.17, 15) is 0 Å². The van der Waals surface area contributed by atoms with Crippen LogP contribution in [-0.4, -0.2) is 0 Å². The van der Waals surface area contributed by atoms with Crippen LogP contribution in [0.25, 0.3) is 6.08 Å². The molecule has 1 atom stereocenters. The molecule has 0 saturated carbocycles. The molecule has 0 heterocycles. The molecule has 0 radical (unpaired) electrons. The highest BCUT2D eigenvalue weighted by molar-refractivity contribution is 5.65. The molecule has 0 bridgehead atoms. The van der Waals surface area contributed by atoms with Crippen molar-refractivity contribution in [2.45, 2.75) is 12.3 Å². The Balaban J connectivity index is 2.13. The van der Waals surface area contributed by atoms with Crippen molar-refractivity contribution in [2.75, 3.05) is 0 Å². The zero-order valence-corrected chi connectivity index (χ0v) is 10.0. The lowest BCUT2D eigenvalue weighted by atomic mass is 9.79. The number of hydrogen-bond donors (Lipinski definition) is 0. The third-order valence-corrected chi connectivity index (χ3v) is 3.47. The lowest BCUT2D eigenvalue weighted by Gasteiger charge is -2.23. The van der Waals surface area contributed by atoms with E-state index in [1.54, 1.807) is 0 Å². The average molecular weight is 231 g/mol. The van der Waals surface area contributed by atoms with E-state index in [0.29, 0.717) is 5.92 Å². The van der Waals surface area contributed by atoms with E-state index in [-0.39, 0.29) is 0 Å². The lowest BCUT2D eigenvalue weighted by molar-refractivity contribution is 0.800. The summed E-state index contributed by atoms with van der Waals surface area (Å²) >= 11 is 0. The van der Waals surface area contributed by atoms with Crippen molar-refractivity contribution in [1.29, 1.82) is 5.26 Å². The van der Waals surface area contributed by atoms with Gasteiger partial charge in [-0.15, -0.1) is 0 Å². The Morgan fingerprint density at radius 3 is 2.44 bits per heavy atom. The number of benzene rings is 2. The van der Waals surface area contributed by atoms with Crippen molar-refractivity contribution in [3.8, 4) is 6.07 Å². The van der Waals surface area contributed by atoms with Crippen LogP contribution in [0.2, 0.25) is 0 Å². The van der Waals surface area contributed by atoms with E-state index in [2.05, 4.69) is 48.5 Å². The van der Waals surface area contributed by atoms with E-state index in [1.807, 2.05) is 18.2 Å². The van der Waals surface area contributed by atoms with Gasteiger partial charge in [0.1, 0.15) is 0 Å². The van der Waals surface area contributed by atoms with E-state index in [1.165, 1.54) is 16.7 Å². The molecule has 0 unspecified atom stereocenters. The number of nitrogens with zero attached hydrogens (tertiary/aromatic N) is 1. The van der Waals surface area contributed by atoms with Crippen molar-refractivity contribution in [2.24, 2.45) is 0 Å². The van der Waals surface area contributed by atoms with Crippen molar-refractivity contribution in [1.82, 2.24) is 0 Å². The molecule has 1 aliphatic carbocycles. The zero-order valence-electron chi connectivity index (χ0n) is 10.0. The summed E-state index contributed by atoms with van der Waals surface area (Å²) in [7, 11) is 0. The molecule has 0 aromatic heterocycles. The maximum Gasteiger partial charge on any atom is 0.0947 e. The number of hydrogen-bond acceptors (Lipinski definition) is 1. The summed E-state index contributed by atoms with van der Waals surface area (Å²) in [6, 6.07) is 21.1. The minimum atomic E-state index is 0.307. The first-order valence-corrected chi connectivity index (χ1v) is 6.13. The summed E-state index contributed by atoms with van der Waals surface area (Å²) in [5.41, 5.74) is 4.64. The van der Waals surface area contributed by atoms with Crippen LogP contribution in [0.1, 0.15) is 29.0 Å². The molecule has 86 valence electrons. The van der Waals surface area contributed by atoms with Gasteiger partial charge in [0.15, 0.2) is 0 Å². The average Bonchev–Trinajstić information content (AvgIpc) is 2.47. The van der Waals surface area contributed by atoms with E-state index in [0.717, 1.165) is 12.0 Å². The number of nitriles is 1. The Morgan fingerprint density at radius 1 is 0.944 bits per heavy atom. The van der Waals surface area contributed by atoms with Crippen molar-refractivity contribution >= 4 is 6.08 Å². The molecule has 1 heteroatoms. The third kappa shape index (κ3) is 1.83. The van der Waals surface area contributed by atoms with Gasteiger partial charge in [0.2, 0.25) is 0 Å².